The van der Waals surface area contributed by atoms with Gasteiger partial charge in [0.25, 0.3) is 0 Å². The molecule has 10 aromatic rings. The zero-order valence-corrected chi connectivity index (χ0v) is 30.8. The van der Waals surface area contributed by atoms with Crippen molar-refractivity contribution in [1.82, 2.24) is 4.57 Å². The van der Waals surface area contributed by atoms with Crippen molar-refractivity contribution in [3.8, 4) is 50.3 Å². The molecule has 10 rings (SSSR count). The lowest BCUT2D eigenvalue weighted by molar-refractivity contribution is 1.13. The normalized spacial score (nSPS) is 11.2. The molecule has 2 heteroatoms. The Morgan fingerprint density at radius 2 is 0.839 bits per heavy atom. The molecule has 0 aliphatic heterocycles. The summed E-state index contributed by atoms with van der Waals surface area (Å²) in [5.41, 5.74) is 15.3. The minimum atomic E-state index is 1.10. The van der Waals surface area contributed by atoms with Crippen molar-refractivity contribution >= 4 is 38.7 Å². The molecular weight excluding hydrogens is 677 g/mol. The molecule has 0 saturated heterocycles. The molecule has 264 valence electrons. The molecule has 0 saturated carbocycles. The molecule has 0 radical (unpaired) electrons. The van der Waals surface area contributed by atoms with Crippen molar-refractivity contribution in [3.63, 3.8) is 0 Å². The predicted octanol–water partition coefficient (Wildman–Crippen LogP) is 14.9. The molecule has 0 bridgehead atoms. The van der Waals surface area contributed by atoms with E-state index in [9.17, 15) is 0 Å². The van der Waals surface area contributed by atoms with Crippen LogP contribution < -0.4 is 4.90 Å². The third-order valence-corrected chi connectivity index (χ3v) is 10.8. The van der Waals surface area contributed by atoms with Gasteiger partial charge in [-0.2, -0.15) is 0 Å². The van der Waals surface area contributed by atoms with Gasteiger partial charge in [0, 0.05) is 33.4 Å². The zero-order chi connectivity index (χ0) is 37.3. The van der Waals surface area contributed by atoms with E-state index in [0.29, 0.717) is 0 Å². The Kier molecular flexibility index (Phi) is 8.55. The van der Waals surface area contributed by atoms with Gasteiger partial charge in [-0.05, 0) is 93.4 Å². The summed E-state index contributed by atoms with van der Waals surface area (Å²) in [6.45, 7) is 0. The van der Waals surface area contributed by atoms with E-state index >= 15 is 0 Å². The Morgan fingerprint density at radius 3 is 1.50 bits per heavy atom. The van der Waals surface area contributed by atoms with E-state index in [2.05, 4.69) is 240 Å². The lowest BCUT2D eigenvalue weighted by atomic mass is 9.95. The third-order valence-electron chi connectivity index (χ3n) is 10.8. The second-order valence-electron chi connectivity index (χ2n) is 14.1. The van der Waals surface area contributed by atoms with Gasteiger partial charge in [0.1, 0.15) is 0 Å². The first-order valence-corrected chi connectivity index (χ1v) is 19.2. The van der Waals surface area contributed by atoms with Crippen LogP contribution in [0.25, 0.3) is 72.0 Å². The van der Waals surface area contributed by atoms with Gasteiger partial charge in [0.05, 0.1) is 16.9 Å². The summed E-state index contributed by atoms with van der Waals surface area (Å²) < 4.78 is 2.42. The molecule has 0 amide bonds. The van der Waals surface area contributed by atoms with Gasteiger partial charge in [-0.1, -0.05) is 176 Å². The second-order valence-corrected chi connectivity index (χ2v) is 14.1. The predicted molar refractivity (Wildman–Crippen MR) is 237 cm³/mol. The quantitative estimate of drug-likeness (QED) is 0.152. The van der Waals surface area contributed by atoms with Crippen LogP contribution in [0.1, 0.15) is 0 Å². The van der Waals surface area contributed by atoms with Crippen molar-refractivity contribution in [2.75, 3.05) is 4.90 Å². The fourth-order valence-electron chi connectivity index (χ4n) is 8.24. The van der Waals surface area contributed by atoms with Crippen molar-refractivity contribution in [2.24, 2.45) is 0 Å². The highest BCUT2D eigenvalue weighted by Gasteiger charge is 2.22. The van der Waals surface area contributed by atoms with Gasteiger partial charge in [0.2, 0.25) is 0 Å². The number of rotatable bonds is 8. The highest BCUT2D eigenvalue weighted by atomic mass is 15.1. The van der Waals surface area contributed by atoms with Gasteiger partial charge in [0.15, 0.2) is 0 Å². The van der Waals surface area contributed by atoms with Crippen molar-refractivity contribution < 1.29 is 0 Å². The van der Waals surface area contributed by atoms with E-state index in [-0.39, 0.29) is 0 Å². The van der Waals surface area contributed by atoms with Crippen LogP contribution in [0.4, 0.5) is 17.1 Å². The Morgan fingerprint density at radius 1 is 0.321 bits per heavy atom. The molecule has 1 aromatic heterocycles. The van der Waals surface area contributed by atoms with Crippen LogP contribution in [0, 0.1) is 0 Å². The first-order valence-electron chi connectivity index (χ1n) is 19.2. The smallest absolute Gasteiger partial charge is 0.0619 e. The van der Waals surface area contributed by atoms with Gasteiger partial charge in [-0.3, -0.25) is 0 Å². The summed E-state index contributed by atoms with van der Waals surface area (Å²) in [5, 5.41) is 3.66. The SMILES string of the molecule is c1ccc(-c2ccc(N(c3ccccc3)c3ccc(-c4ccc5c(c4)c(-c4ccccc4)c(-c4ccccc4)n5-c4ccccc4)cc3)c3ccccc23)cc1. The lowest BCUT2D eigenvalue weighted by Gasteiger charge is -2.27. The van der Waals surface area contributed by atoms with E-state index in [0.717, 1.165) is 22.7 Å². The minimum absolute atomic E-state index is 1.10. The molecule has 2 nitrogen and oxygen atoms in total. The van der Waals surface area contributed by atoms with Gasteiger partial charge in [-0.15, -0.1) is 0 Å². The number of para-hydroxylation sites is 2. The molecule has 1 heterocycles. The fraction of sp³-hybridized carbons (Fsp3) is 0. The summed E-state index contributed by atoms with van der Waals surface area (Å²) in [6, 6.07) is 82.9. The van der Waals surface area contributed by atoms with Gasteiger partial charge < -0.3 is 9.47 Å². The molecule has 0 unspecified atom stereocenters. The van der Waals surface area contributed by atoms with E-state index in [1.54, 1.807) is 0 Å². The minimum Gasteiger partial charge on any atom is -0.310 e. The molecule has 0 fully saturated rings. The topological polar surface area (TPSA) is 8.17 Å². The maximum Gasteiger partial charge on any atom is 0.0619 e. The highest BCUT2D eigenvalue weighted by Crippen LogP contribution is 2.45. The monoisotopic (exact) mass is 714 g/mol. The van der Waals surface area contributed by atoms with Crippen LogP contribution in [-0.2, 0) is 0 Å². The first kappa shape index (κ1) is 33.2. The van der Waals surface area contributed by atoms with E-state index in [4.69, 9.17) is 0 Å². The number of aromatic nitrogens is 1. The van der Waals surface area contributed by atoms with Crippen LogP contribution in [0.15, 0.2) is 231 Å². The van der Waals surface area contributed by atoms with Crippen molar-refractivity contribution in [2.45, 2.75) is 0 Å². The number of hydrogen-bond acceptors (Lipinski definition) is 1. The highest BCUT2D eigenvalue weighted by molar-refractivity contribution is 6.08. The molecule has 56 heavy (non-hydrogen) atoms. The molecule has 0 atom stereocenters. The standard InChI is InChI=1S/C54H38N2/c1-6-18-40(19-7-1)47-35-37-51(49-29-17-16-28-48(47)49)55(44-24-12-4-13-25-44)46-33-30-39(31-34-46)43-32-36-52-50(38-43)53(41-20-8-2-9-21-41)54(42-22-10-3-11-23-42)56(52)45-26-14-5-15-27-45/h1-38H. The number of nitrogens with zero attached hydrogens (tertiary/aromatic N) is 2. The van der Waals surface area contributed by atoms with Crippen LogP contribution in [0.5, 0.6) is 0 Å². The molecule has 0 aliphatic carbocycles. The number of anilines is 3. The maximum atomic E-state index is 2.42. The van der Waals surface area contributed by atoms with Crippen molar-refractivity contribution in [3.05, 3.63) is 231 Å². The Hall–Kier alpha value is -7.42. The summed E-state index contributed by atoms with van der Waals surface area (Å²) in [7, 11) is 0. The largest absolute Gasteiger partial charge is 0.310 e. The third kappa shape index (κ3) is 5.95. The Bertz CT molecular complexity index is 2920. The maximum absolute atomic E-state index is 2.42. The number of benzene rings is 9. The van der Waals surface area contributed by atoms with Crippen molar-refractivity contribution in [1.29, 1.82) is 0 Å². The molecule has 0 N–H and O–H groups in total. The van der Waals surface area contributed by atoms with Crippen LogP contribution >= 0.6 is 0 Å². The van der Waals surface area contributed by atoms with Crippen LogP contribution in [-0.4, -0.2) is 4.57 Å². The van der Waals surface area contributed by atoms with E-state index in [1.807, 2.05) is 0 Å². The second kappa shape index (κ2) is 14.4. The summed E-state index contributed by atoms with van der Waals surface area (Å²) in [4.78, 5) is 2.38. The lowest BCUT2D eigenvalue weighted by Crippen LogP contribution is -2.10. The number of fused-ring (bicyclic) bond motifs is 2. The molecular formula is C54H38N2. The average Bonchev–Trinajstić information content (AvgIpc) is 3.63. The van der Waals surface area contributed by atoms with Crippen LogP contribution in [0.2, 0.25) is 0 Å². The molecule has 0 aliphatic rings. The number of hydrogen-bond donors (Lipinski definition) is 0. The van der Waals surface area contributed by atoms with E-state index in [1.165, 1.54) is 66.3 Å². The molecule has 0 spiro atoms. The molecule has 9 aromatic carbocycles. The average molecular weight is 715 g/mol. The van der Waals surface area contributed by atoms with Gasteiger partial charge >= 0.3 is 0 Å². The Labute approximate surface area is 327 Å². The summed E-state index contributed by atoms with van der Waals surface area (Å²) >= 11 is 0. The van der Waals surface area contributed by atoms with E-state index < -0.39 is 0 Å². The first-order chi connectivity index (χ1) is 27.8. The zero-order valence-electron chi connectivity index (χ0n) is 30.8. The summed E-state index contributed by atoms with van der Waals surface area (Å²) in [6.07, 6.45) is 0. The summed E-state index contributed by atoms with van der Waals surface area (Å²) in [5.74, 6) is 0. The Balaban J connectivity index is 1.12. The van der Waals surface area contributed by atoms with Crippen LogP contribution in [0.3, 0.4) is 0 Å². The fourth-order valence-corrected chi connectivity index (χ4v) is 8.24. The van der Waals surface area contributed by atoms with Gasteiger partial charge in [-0.25, -0.2) is 0 Å².